The van der Waals surface area contributed by atoms with Gasteiger partial charge < -0.3 is 20.7 Å². The Morgan fingerprint density at radius 1 is 0.860 bits per heavy atom. The van der Waals surface area contributed by atoms with Crippen LogP contribution in [-0.4, -0.2) is 55.0 Å². The van der Waals surface area contributed by atoms with Gasteiger partial charge >= 0.3 is 5.97 Å². The highest BCUT2D eigenvalue weighted by Crippen LogP contribution is 2.39. The van der Waals surface area contributed by atoms with Gasteiger partial charge in [0.1, 0.15) is 16.6 Å². The molecule has 2 unspecified atom stereocenters. The van der Waals surface area contributed by atoms with Gasteiger partial charge in [0.05, 0.1) is 18.2 Å². The van der Waals surface area contributed by atoms with Crippen LogP contribution in [0, 0.1) is 11.6 Å². The van der Waals surface area contributed by atoms with Gasteiger partial charge in [-0.3, -0.25) is 14.5 Å². The number of likely N-dealkylation sites (tertiary alicyclic amines) is 1. The minimum Gasteiger partial charge on any atom is -0.465 e. The van der Waals surface area contributed by atoms with Crippen molar-refractivity contribution in [1.29, 1.82) is 0 Å². The number of ether oxygens (including phenoxy) is 1. The van der Waals surface area contributed by atoms with Crippen LogP contribution in [0.3, 0.4) is 0 Å². The minimum atomic E-state index is -0.763. The van der Waals surface area contributed by atoms with Gasteiger partial charge in [-0.25, -0.2) is 13.6 Å². The lowest BCUT2D eigenvalue weighted by atomic mass is 9.95. The molecule has 7 rings (SSSR count). The molecule has 3 aliphatic rings. The van der Waals surface area contributed by atoms with E-state index in [-0.39, 0.29) is 23.6 Å². The van der Waals surface area contributed by atoms with Crippen molar-refractivity contribution < 1.29 is 27.9 Å². The summed E-state index contributed by atoms with van der Waals surface area (Å²) in [7, 11) is 1.30. The smallest absolute Gasteiger partial charge is 0.337 e. The fourth-order valence-electron chi connectivity index (χ4n) is 7.46. The lowest BCUT2D eigenvalue weighted by molar-refractivity contribution is 0.0600. The second-order valence-electron chi connectivity index (χ2n) is 13.5. The van der Waals surface area contributed by atoms with Crippen LogP contribution < -0.4 is 16.0 Å². The number of nitrogens with zero attached hydrogens (tertiary/aromatic N) is 1. The van der Waals surface area contributed by atoms with Crippen LogP contribution >= 0.6 is 11.3 Å². The normalized spacial score (nSPS) is 18.4. The highest BCUT2D eigenvalue weighted by molar-refractivity contribution is 7.17. The number of benzene rings is 3. The molecule has 3 heterocycles. The van der Waals surface area contributed by atoms with Gasteiger partial charge in [-0.05, 0) is 104 Å². The molecule has 0 radical (unpaired) electrons. The summed E-state index contributed by atoms with van der Waals surface area (Å²) in [5.41, 5.74) is 3.92. The molecule has 2 amide bonds. The Hall–Kier alpha value is -4.45. The average Bonchev–Trinajstić information content (AvgIpc) is 3.65. The number of amides is 2. The summed E-state index contributed by atoms with van der Waals surface area (Å²) in [5.74, 6) is -2.80. The van der Waals surface area contributed by atoms with E-state index in [2.05, 4.69) is 20.9 Å². The Labute approximate surface area is 294 Å². The van der Waals surface area contributed by atoms with Crippen molar-refractivity contribution in [2.45, 2.75) is 70.0 Å². The van der Waals surface area contributed by atoms with Gasteiger partial charge in [0.25, 0.3) is 11.8 Å². The maximum Gasteiger partial charge on any atom is 0.337 e. The van der Waals surface area contributed by atoms with Crippen molar-refractivity contribution in [2.24, 2.45) is 0 Å². The van der Waals surface area contributed by atoms with Gasteiger partial charge in [0.2, 0.25) is 0 Å². The predicted molar refractivity (Wildman–Crippen MR) is 190 cm³/mol. The molecule has 1 aromatic heterocycles. The van der Waals surface area contributed by atoms with Crippen molar-refractivity contribution in [3.63, 3.8) is 0 Å². The first kappa shape index (κ1) is 34.0. The second-order valence-corrected chi connectivity index (χ2v) is 14.6. The van der Waals surface area contributed by atoms with Gasteiger partial charge in [-0.2, -0.15) is 0 Å². The van der Waals surface area contributed by atoms with E-state index in [9.17, 15) is 14.4 Å². The molecular formula is C39H40F2N4O4S. The topological polar surface area (TPSA) is 99.8 Å². The van der Waals surface area contributed by atoms with Crippen LogP contribution in [0.5, 0.6) is 0 Å². The first-order valence-corrected chi connectivity index (χ1v) is 18.1. The SMILES string of the molecule is COC(=O)c1ccc(CCc2c(F)cc(NC(=O)c3c(NC(=O)c4cccc(CN5CC6CCC(C5)N6)c4)sc4c3CCCC4)cc2F)cc1. The van der Waals surface area contributed by atoms with Crippen LogP contribution in [0.4, 0.5) is 19.5 Å². The Kier molecular flexibility index (Phi) is 10.1. The number of anilines is 2. The molecule has 2 bridgehead atoms. The summed E-state index contributed by atoms with van der Waals surface area (Å²) in [5, 5.41) is 9.80. The average molecular weight is 699 g/mol. The second kappa shape index (κ2) is 14.8. The largest absolute Gasteiger partial charge is 0.465 e. The molecule has 3 aromatic carbocycles. The number of methoxy groups -OCH3 is 1. The van der Waals surface area contributed by atoms with E-state index in [1.807, 2.05) is 18.2 Å². The molecule has 0 saturated carbocycles. The zero-order chi connectivity index (χ0) is 34.8. The third kappa shape index (κ3) is 7.50. The summed E-state index contributed by atoms with van der Waals surface area (Å²) >= 11 is 1.40. The Morgan fingerprint density at radius 2 is 1.58 bits per heavy atom. The number of fused-ring (bicyclic) bond motifs is 3. The fraction of sp³-hybridized carbons (Fsp3) is 0.359. The van der Waals surface area contributed by atoms with Crippen LogP contribution in [0.15, 0.2) is 60.7 Å². The first-order chi connectivity index (χ1) is 24.2. The van der Waals surface area contributed by atoms with E-state index in [1.165, 1.54) is 31.3 Å². The molecule has 8 nitrogen and oxygen atoms in total. The molecule has 260 valence electrons. The molecule has 0 spiro atoms. The number of aryl methyl sites for hydroxylation is 2. The highest BCUT2D eigenvalue weighted by atomic mass is 32.1. The molecule has 2 saturated heterocycles. The van der Waals surface area contributed by atoms with Gasteiger partial charge in [-0.15, -0.1) is 11.3 Å². The molecule has 11 heteroatoms. The number of carbonyl (C=O) groups excluding carboxylic acids is 3. The molecule has 2 aliphatic heterocycles. The quantitative estimate of drug-likeness (QED) is 0.156. The lowest BCUT2D eigenvalue weighted by Gasteiger charge is -2.32. The van der Waals surface area contributed by atoms with Crippen LogP contribution in [0.1, 0.15) is 83.9 Å². The third-order valence-corrected chi connectivity index (χ3v) is 11.2. The number of halogens is 2. The number of nitrogens with one attached hydrogen (secondary N) is 3. The van der Waals surface area contributed by atoms with Crippen molar-refractivity contribution >= 4 is 39.8 Å². The molecule has 2 fully saturated rings. The number of carbonyl (C=O) groups is 3. The molecule has 3 N–H and O–H groups in total. The summed E-state index contributed by atoms with van der Waals surface area (Å²) in [6.45, 7) is 2.76. The number of thiophene rings is 1. The maximum absolute atomic E-state index is 15.2. The van der Waals surface area contributed by atoms with Gasteiger partial charge in [0.15, 0.2) is 0 Å². The number of rotatable bonds is 10. The standard InChI is InChI=1S/C39H40F2N4O4S/c1-49-39(48)25-12-9-23(10-13-25)11-16-30-32(40)18-29(19-33(30)41)43-37(47)35-31-7-2-3-8-34(31)50-38(35)44-36(46)26-6-4-5-24(17-26)20-45-21-27-14-15-28(22-45)42-27/h4-6,9-10,12-13,17-19,27-28,42H,2-3,7-8,11,14-16,20-22H2,1H3,(H,43,47)(H,44,46). The Morgan fingerprint density at radius 3 is 2.30 bits per heavy atom. The highest BCUT2D eigenvalue weighted by Gasteiger charge is 2.32. The number of piperazine rings is 1. The van der Waals surface area contributed by atoms with E-state index >= 15 is 8.78 Å². The van der Waals surface area contributed by atoms with Crippen molar-refractivity contribution in [3.05, 3.63) is 116 Å². The van der Waals surface area contributed by atoms with Gasteiger partial charge in [-0.1, -0.05) is 24.3 Å². The van der Waals surface area contributed by atoms with Crippen LogP contribution in [0.25, 0.3) is 0 Å². The summed E-state index contributed by atoms with van der Waals surface area (Å²) in [6, 6.07) is 17.6. The summed E-state index contributed by atoms with van der Waals surface area (Å²) < 4.78 is 35.2. The number of hydrogen-bond acceptors (Lipinski definition) is 7. The zero-order valence-electron chi connectivity index (χ0n) is 28.0. The van der Waals surface area contributed by atoms with Crippen molar-refractivity contribution in [1.82, 2.24) is 10.2 Å². The van der Waals surface area contributed by atoms with Crippen LogP contribution in [0.2, 0.25) is 0 Å². The molecular weight excluding hydrogens is 659 g/mol. The van der Waals surface area contributed by atoms with E-state index in [1.54, 1.807) is 30.3 Å². The maximum atomic E-state index is 15.2. The zero-order valence-corrected chi connectivity index (χ0v) is 28.8. The molecule has 4 aromatic rings. The summed E-state index contributed by atoms with van der Waals surface area (Å²) in [6.07, 6.45) is 6.26. The van der Waals surface area contributed by atoms with Gasteiger partial charge in [0, 0.05) is 53.4 Å². The fourth-order valence-corrected chi connectivity index (χ4v) is 8.74. The van der Waals surface area contributed by atoms with E-state index in [0.29, 0.717) is 46.6 Å². The third-order valence-electron chi connectivity index (χ3n) is 9.95. The Balaban J connectivity index is 1.04. The minimum absolute atomic E-state index is 0.00160. The van der Waals surface area contributed by atoms with E-state index in [4.69, 9.17) is 4.74 Å². The van der Waals surface area contributed by atoms with Crippen LogP contribution in [-0.2, 0) is 37.0 Å². The predicted octanol–water partition coefficient (Wildman–Crippen LogP) is 6.92. The Bertz CT molecular complexity index is 1890. The van der Waals surface area contributed by atoms with Crippen molar-refractivity contribution in [3.8, 4) is 0 Å². The first-order valence-electron chi connectivity index (χ1n) is 17.2. The van der Waals surface area contributed by atoms with E-state index < -0.39 is 23.5 Å². The molecule has 1 aliphatic carbocycles. The lowest BCUT2D eigenvalue weighted by Crippen LogP contribution is -2.50. The molecule has 50 heavy (non-hydrogen) atoms. The number of hydrogen-bond donors (Lipinski definition) is 3. The van der Waals surface area contributed by atoms with E-state index in [0.717, 1.165) is 72.6 Å². The van der Waals surface area contributed by atoms with Crippen molar-refractivity contribution in [2.75, 3.05) is 30.8 Å². The monoisotopic (exact) mass is 698 g/mol. The summed E-state index contributed by atoms with van der Waals surface area (Å²) in [4.78, 5) is 42.6. The molecule has 2 atom stereocenters. The number of esters is 1.